The quantitative estimate of drug-likeness (QED) is 0.447. The third kappa shape index (κ3) is 8.13. The maximum absolute atomic E-state index is 12.8. The molecule has 2 rings (SSSR count). The zero-order chi connectivity index (χ0) is 20.0. The number of unbranched alkanes of at least 4 members (excludes halogenated alkanes) is 2. The normalized spacial score (nSPS) is 18.3. The molecule has 154 valence electrons. The van der Waals surface area contributed by atoms with E-state index in [1.54, 1.807) is 0 Å². The van der Waals surface area contributed by atoms with Gasteiger partial charge in [-0.3, -0.25) is 9.59 Å². The van der Waals surface area contributed by atoms with Crippen molar-refractivity contribution in [1.82, 2.24) is 0 Å². The van der Waals surface area contributed by atoms with E-state index in [4.69, 9.17) is 9.47 Å². The largest absolute Gasteiger partial charge is 0.491 e. The number of nitrogens with one attached hydrogen (secondary N) is 1. The molecule has 0 spiro atoms. The van der Waals surface area contributed by atoms with E-state index in [0.717, 1.165) is 38.5 Å². The molecule has 1 atom stereocenters. The van der Waals surface area contributed by atoms with Crippen molar-refractivity contribution in [1.29, 1.82) is 0 Å². The molecule has 0 saturated carbocycles. The van der Waals surface area contributed by atoms with Crippen molar-refractivity contribution in [3.05, 3.63) is 36.4 Å². The number of anilines is 1. The SMILES string of the molecule is COC(=O)CCCCCC1OCC=CCCCCOc2ccccc2NC1=O. The number of carbonyl (C=O) groups is 2. The monoisotopic (exact) mass is 389 g/mol. The Morgan fingerprint density at radius 1 is 1.18 bits per heavy atom. The van der Waals surface area contributed by atoms with Crippen LogP contribution in [-0.2, 0) is 19.1 Å². The van der Waals surface area contributed by atoms with Crippen molar-refractivity contribution in [3.63, 3.8) is 0 Å². The van der Waals surface area contributed by atoms with Crippen LogP contribution in [0.4, 0.5) is 5.69 Å². The van der Waals surface area contributed by atoms with Gasteiger partial charge in [-0.15, -0.1) is 0 Å². The Balaban J connectivity index is 1.95. The minimum Gasteiger partial charge on any atom is -0.491 e. The fraction of sp³-hybridized carbons (Fsp3) is 0.545. The molecule has 0 aliphatic carbocycles. The highest BCUT2D eigenvalue weighted by molar-refractivity contribution is 5.95. The van der Waals surface area contributed by atoms with Crippen LogP contribution in [0.3, 0.4) is 0 Å². The second-order valence-corrected chi connectivity index (χ2v) is 6.80. The second-order valence-electron chi connectivity index (χ2n) is 6.80. The van der Waals surface area contributed by atoms with Crippen molar-refractivity contribution in [2.75, 3.05) is 25.6 Å². The Kier molecular flexibility index (Phi) is 10.1. The van der Waals surface area contributed by atoms with E-state index >= 15 is 0 Å². The Morgan fingerprint density at radius 3 is 2.89 bits per heavy atom. The van der Waals surface area contributed by atoms with Crippen LogP contribution in [0.15, 0.2) is 36.4 Å². The molecule has 6 nitrogen and oxygen atoms in total. The Morgan fingerprint density at radius 2 is 2.04 bits per heavy atom. The molecule has 1 unspecified atom stereocenters. The number of carbonyl (C=O) groups excluding carboxylic acids is 2. The van der Waals surface area contributed by atoms with Crippen LogP contribution < -0.4 is 10.1 Å². The first-order chi connectivity index (χ1) is 13.7. The standard InChI is InChI=1S/C22H31NO5/c1-26-21(24)15-7-5-6-14-20-22(25)23-18-12-8-9-13-19(18)27-16-10-3-2-4-11-17-28-20/h4,8-9,11-13,20H,2-3,5-7,10,14-17H2,1H3,(H,23,25). The average molecular weight is 389 g/mol. The molecule has 1 aliphatic rings. The number of para-hydroxylation sites is 2. The number of benzene rings is 1. The van der Waals surface area contributed by atoms with Gasteiger partial charge in [0.05, 0.1) is 26.0 Å². The number of amides is 1. The first kappa shape index (κ1) is 22.0. The van der Waals surface area contributed by atoms with Crippen molar-refractivity contribution < 1.29 is 23.8 Å². The molecule has 1 aliphatic heterocycles. The Hall–Kier alpha value is -2.34. The van der Waals surface area contributed by atoms with Gasteiger partial charge in [-0.25, -0.2) is 0 Å². The predicted octanol–water partition coefficient (Wildman–Crippen LogP) is 4.25. The molecule has 1 heterocycles. The van der Waals surface area contributed by atoms with Crippen LogP contribution in [0.2, 0.25) is 0 Å². The minimum absolute atomic E-state index is 0.172. The molecule has 0 saturated heterocycles. The summed E-state index contributed by atoms with van der Waals surface area (Å²) < 4.78 is 16.3. The summed E-state index contributed by atoms with van der Waals surface area (Å²) in [5.74, 6) is 0.309. The average Bonchev–Trinajstić information content (AvgIpc) is 2.71. The number of rotatable bonds is 6. The van der Waals surface area contributed by atoms with E-state index in [1.807, 2.05) is 30.3 Å². The molecule has 0 aromatic heterocycles. The third-order valence-corrected chi connectivity index (χ3v) is 4.60. The van der Waals surface area contributed by atoms with Gasteiger partial charge in [0.2, 0.25) is 0 Å². The second kappa shape index (κ2) is 12.9. The van der Waals surface area contributed by atoms with Crippen LogP contribution in [0.5, 0.6) is 5.75 Å². The van der Waals surface area contributed by atoms with Gasteiger partial charge in [0.1, 0.15) is 11.9 Å². The molecule has 1 amide bonds. The van der Waals surface area contributed by atoms with Crippen LogP contribution in [0.25, 0.3) is 0 Å². The number of methoxy groups -OCH3 is 1. The molecule has 0 fully saturated rings. The van der Waals surface area contributed by atoms with E-state index in [9.17, 15) is 9.59 Å². The van der Waals surface area contributed by atoms with Gasteiger partial charge in [0.25, 0.3) is 5.91 Å². The van der Waals surface area contributed by atoms with Gasteiger partial charge < -0.3 is 19.5 Å². The lowest BCUT2D eigenvalue weighted by Crippen LogP contribution is -2.31. The van der Waals surface area contributed by atoms with E-state index < -0.39 is 6.10 Å². The minimum atomic E-state index is -0.543. The summed E-state index contributed by atoms with van der Waals surface area (Å²) in [7, 11) is 1.39. The molecular weight excluding hydrogens is 358 g/mol. The van der Waals surface area contributed by atoms with Crippen molar-refractivity contribution in [2.45, 2.75) is 57.5 Å². The van der Waals surface area contributed by atoms with E-state index in [-0.39, 0.29) is 11.9 Å². The molecule has 28 heavy (non-hydrogen) atoms. The Labute approximate surface area is 167 Å². The molecule has 1 N–H and O–H groups in total. The van der Waals surface area contributed by atoms with Gasteiger partial charge in [0, 0.05) is 6.42 Å². The number of hydrogen-bond donors (Lipinski definition) is 1. The number of hydrogen-bond acceptors (Lipinski definition) is 5. The fourth-order valence-electron chi connectivity index (χ4n) is 2.98. The summed E-state index contributed by atoms with van der Waals surface area (Å²) >= 11 is 0. The van der Waals surface area contributed by atoms with Gasteiger partial charge in [-0.1, -0.05) is 37.1 Å². The molecule has 1 aromatic carbocycles. The summed E-state index contributed by atoms with van der Waals surface area (Å²) in [4.78, 5) is 24.0. The van der Waals surface area contributed by atoms with E-state index in [1.165, 1.54) is 7.11 Å². The molecule has 6 heteroatoms. The number of ether oxygens (including phenoxy) is 3. The molecular formula is C22H31NO5. The zero-order valence-corrected chi connectivity index (χ0v) is 16.7. The molecule has 1 aromatic rings. The maximum Gasteiger partial charge on any atom is 0.305 e. The van der Waals surface area contributed by atoms with Gasteiger partial charge in [-0.05, 0) is 44.2 Å². The summed E-state index contributed by atoms with van der Waals surface area (Å²) in [6.45, 7) is 1.04. The van der Waals surface area contributed by atoms with Crippen molar-refractivity contribution in [2.24, 2.45) is 0 Å². The fourth-order valence-corrected chi connectivity index (χ4v) is 2.98. The topological polar surface area (TPSA) is 73.9 Å². The highest BCUT2D eigenvalue weighted by atomic mass is 16.5. The molecule has 0 bridgehead atoms. The van der Waals surface area contributed by atoms with E-state index in [2.05, 4.69) is 16.1 Å². The van der Waals surface area contributed by atoms with Crippen LogP contribution in [0, 0.1) is 0 Å². The lowest BCUT2D eigenvalue weighted by Gasteiger charge is -2.19. The van der Waals surface area contributed by atoms with Crippen LogP contribution in [-0.4, -0.2) is 38.3 Å². The van der Waals surface area contributed by atoms with Crippen molar-refractivity contribution >= 4 is 17.6 Å². The number of fused-ring (bicyclic) bond motifs is 1. The third-order valence-electron chi connectivity index (χ3n) is 4.60. The Bertz CT molecular complexity index is 644. The van der Waals surface area contributed by atoms with Crippen LogP contribution >= 0.6 is 0 Å². The number of esters is 1. The van der Waals surface area contributed by atoms with Gasteiger partial charge >= 0.3 is 5.97 Å². The number of allylic oxidation sites excluding steroid dienone is 1. The summed E-state index contributed by atoms with van der Waals surface area (Å²) in [6, 6.07) is 7.47. The van der Waals surface area contributed by atoms with Crippen molar-refractivity contribution in [3.8, 4) is 5.75 Å². The predicted molar refractivity (Wildman–Crippen MR) is 108 cm³/mol. The smallest absolute Gasteiger partial charge is 0.305 e. The lowest BCUT2D eigenvalue weighted by atomic mass is 10.1. The first-order valence-electron chi connectivity index (χ1n) is 10.1. The lowest BCUT2D eigenvalue weighted by molar-refractivity contribution is -0.140. The highest BCUT2D eigenvalue weighted by Crippen LogP contribution is 2.25. The van der Waals surface area contributed by atoms with Crippen LogP contribution in [0.1, 0.15) is 51.4 Å². The highest BCUT2D eigenvalue weighted by Gasteiger charge is 2.20. The first-order valence-corrected chi connectivity index (χ1v) is 10.1. The summed E-state index contributed by atoms with van der Waals surface area (Å²) in [5.41, 5.74) is 0.666. The van der Waals surface area contributed by atoms with E-state index in [0.29, 0.717) is 37.5 Å². The maximum atomic E-state index is 12.8. The summed E-state index contributed by atoms with van der Waals surface area (Å²) in [6.07, 6.45) is 9.90. The molecule has 0 radical (unpaired) electrons. The summed E-state index contributed by atoms with van der Waals surface area (Å²) in [5, 5.41) is 2.95. The zero-order valence-electron chi connectivity index (χ0n) is 16.7. The van der Waals surface area contributed by atoms with Gasteiger partial charge in [0.15, 0.2) is 0 Å². The van der Waals surface area contributed by atoms with Gasteiger partial charge in [-0.2, -0.15) is 0 Å².